The maximum Gasteiger partial charge on any atom is 0.0726 e. The maximum atomic E-state index is 4.69. The van der Waals surface area contributed by atoms with Crippen molar-refractivity contribution in [1.29, 1.82) is 0 Å². The molecular weight excluding hydrogens is 356 g/mol. The summed E-state index contributed by atoms with van der Waals surface area (Å²) in [5, 5.41) is 6.02. The first-order valence-corrected chi connectivity index (χ1v) is 10.1. The molecule has 0 radical (unpaired) electrons. The van der Waals surface area contributed by atoms with Gasteiger partial charge >= 0.3 is 0 Å². The summed E-state index contributed by atoms with van der Waals surface area (Å²) in [4.78, 5) is 11.7. The van der Waals surface area contributed by atoms with Crippen LogP contribution in [0.1, 0.15) is 22.5 Å². The average molecular weight is 385 g/mol. The Morgan fingerprint density at radius 2 is 1.34 bits per heavy atom. The van der Waals surface area contributed by atoms with Crippen LogP contribution in [0.25, 0.3) is 21.8 Å². The van der Waals surface area contributed by atoms with Crippen LogP contribution in [0.4, 0.5) is 11.4 Å². The third-order valence-corrected chi connectivity index (χ3v) is 5.34. The average Bonchev–Trinajstić information content (AvgIpc) is 2.68. The molecule has 4 nitrogen and oxygen atoms in total. The lowest BCUT2D eigenvalue weighted by molar-refractivity contribution is 0.916. The standard InChI is InChI=1S/C25H28N4/c1-16-6-8-22-20(12-16)24(14-18(3)27-22)26-10-11-29(5)25-15-19(4)28-23-9-7-17(2)13-21(23)25/h6-9,12-15H,10-11H2,1-5H3,(H,26,27). The third-order valence-electron chi connectivity index (χ3n) is 5.34. The molecule has 0 saturated carbocycles. The van der Waals surface area contributed by atoms with E-state index in [1.807, 2.05) is 6.92 Å². The Kier molecular flexibility index (Phi) is 5.10. The predicted octanol–water partition coefficient (Wildman–Crippen LogP) is 5.56. The van der Waals surface area contributed by atoms with Crippen molar-refractivity contribution < 1.29 is 0 Å². The summed E-state index contributed by atoms with van der Waals surface area (Å²) in [5.41, 5.74) is 9.04. The van der Waals surface area contributed by atoms with Crippen LogP contribution in [0.15, 0.2) is 48.5 Å². The normalized spacial score (nSPS) is 11.2. The van der Waals surface area contributed by atoms with Gasteiger partial charge in [0.2, 0.25) is 0 Å². The molecule has 4 rings (SSSR count). The molecule has 4 aromatic rings. The van der Waals surface area contributed by atoms with Gasteiger partial charge in [0.05, 0.1) is 11.0 Å². The number of hydrogen-bond acceptors (Lipinski definition) is 4. The molecule has 1 N–H and O–H groups in total. The molecule has 0 atom stereocenters. The fourth-order valence-electron chi connectivity index (χ4n) is 3.86. The monoisotopic (exact) mass is 384 g/mol. The molecule has 0 fully saturated rings. The molecule has 148 valence electrons. The molecule has 0 unspecified atom stereocenters. The van der Waals surface area contributed by atoms with Gasteiger partial charge in [-0.15, -0.1) is 0 Å². The first-order valence-electron chi connectivity index (χ1n) is 10.1. The topological polar surface area (TPSA) is 41.1 Å². The third kappa shape index (κ3) is 4.02. The number of aryl methyl sites for hydroxylation is 4. The van der Waals surface area contributed by atoms with E-state index < -0.39 is 0 Å². The molecule has 29 heavy (non-hydrogen) atoms. The molecule has 0 aliphatic carbocycles. The number of rotatable bonds is 5. The van der Waals surface area contributed by atoms with Crippen LogP contribution in [0.2, 0.25) is 0 Å². The molecule has 2 aromatic heterocycles. The molecule has 4 heteroatoms. The Morgan fingerprint density at radius 1 is 0.759 bits per heavy atom. The smallest absolute Gasteiger partial charge is 0.0726 e. The fraction of sp³-hybridized carbons (Fsp3) is 0.280. The molecule has 0 bridgehead atoms. The summed E-state index contributed by atoms with van der Waals surface area (Å²) in [6.07, 6.45) is 0. The lowest BCUT2D eigenvalue weighted by atomic mass is 10.1. The molecule has 2 heterocycles. The van der Waals surface area contributed by atoms with Crippen molar-refractivity contribution in [2.45, 2.75) is 27.7 Å². The zero-order chi connectivity index (χ0) is 20.5. The van der Waals surface area contributed by atoms with Gasteiger partial charge in [0.15, 0.2) is 0 Å². The zero-order valence-corrected chi connectivity index (χ0v) is 17.9. The zero-order valence-electron chi connectivity index (χ0n) is 17.9. The van der Waals surface area contributed by atoms with E-state index in [1.165, 1.54) is 27.6 Å². The highest BCUT2D eigenvalue weighted by atomic mass is 15.1. The Bertz CT molecular complexity index is 1200. The van der Waals surface area contributed by atoms with Crippen LogP contribution in [0, 0.1) is 27.7 Å². The molecule has 0 spiro atoms. The number of anilines is 2. The predicted molar refractivity (Wildman–Crippen MR) is 124 cm³/mol. The maximum absolute atomic E-state index is 4.69. The van der Waals surface area contributed by atoms with E-state index in [1.54, 1.807) is 0 Å². The van der Waals surface area contributed by atoms with E-state index in [9.17, 15) is 0 Å². The van der Waals surface area contributed by atoms with Crippen molar-refractivity contribution in [3.05, 3.63) is 71.0 Å². The number of nitrogens with one attached hydrogen (secondary N) is 1. The number of likely N-dealkylation sites (N-methyl/N-ethyl adjacent to an activating group) is 1. The van der Waals surface area contributed by atoms with E-state index in [2.05, 4.69) is 91.6 Å². The number of fused-ring (bicyclic) bond motifs is 2. The minimum absolute atomic E-state index is 0.845. The van der Waals surface area contributed by atoms with Crippen LogP contribution in [-0.4, -0.2) is 30.1 Å². The van der Waals surface area contributed by atoms with Crippen LogP contribution < -0.4 is 10.2 Å². The highest BCUT2D eigenvalue weighted by molar-refractivity contribution is 5.93. The van der Waals surface area contributed by atoms with Gasteiger partial charge in [0.1, 0.15) is 0 Å². The van der Waals surface area contributed by atoms with Gasteiger partial charge in [0, 0.05) is 53.7 Å². The molecule has 2 aromatic carbocycles. The van der Waals surface area contributed by atoms with E-state index in [0.29, 0.717) is 0 Å². The van der Waals surface area contributed by atoms with Crippen molar-refractivity contribution in [3.63, 3.8) is 0 Å². The van der Waals surface area contributed by atoms with E-state index in [0.717, 1.165) is 41.2 Å². The number of benzene rings is 2. The first-order chi connectivity index (χ1) is 13.9. The van der Waals surface area contributed by atoms with Gasteiger partial charge in [-0.1, -0.05) is 23.3 Å². The first kappa shape index (κ1) is 19.2. The Hall–Kier alpha value is -3.14. The summed E-state index contributed by atoms with van der Waals surface area (Å²) in [5.74, 6) is 0. The second kappa shape index (κ2) is 7.70. The summed E-state index contributed by atoms with van der Waals surface area (Å²) < 4.78 is 0. The minimum Gasteiger partial charge on any atom is -0.383 e. The minimum atomic E-state index is 0.845. The van der Waals surface area contributed by atoms with Crippen molar-refractivity contribution >= 4 is 33.2 Å². The number of aromatic nitrogens is 2. The SMILES string of the molecule is Cc1ccc2nc(C)cc(NCCN(C)c3cc(C)nc4ccc(C)cc34)c2c1. The Labute approximate surface area is 172 Å². The second-order valence-corrected chi connectivity index (χ2v) is 7.98. The van der Waals surface area contributed by atoms with Crippen molar-refractivity contribution in [1.82, 2.24) is 9.97 Å². The van der Waals surface area contributed by atoms with Gasteiger partial charge in [-0.3, -0.25) is 9.97 Å². The fourth-order valence-corrected chi connectivity index (χ4v) is 3.86. The van der Waals surface area contributed by atoms with E-state index >= 15 is 0 Å². The van der Waals surface area contributed by atoms with Gasteiger partial charge in [-0.25, -0.2) is 0 Å². The summed E-state index contributed by atoms with van der Waals surface area (Å²) in [6, 6.07) is 17.2. The van der Waals surface area contributed by atoms with E-state index in [-0.39, 0.29) is 0 Å². The largest absolute Gasteiger partial charge is 0.383 e. The molecular formula is C25H28N4. The molecule has 0 aliphatic rings. The number of pyridine rings is 2. The van der Waals surface area contributed by atoms with Crippen LogP contribution in [0.3, 0.4) is 0 Å². The lowest BCUT2D eigenvalue weighted by Gasteiger charge is -2.22. The van der Waals surface area contributed by atoms with Crippen molar-refractivity contribution in [3.8, 4) is 0 Å². The summed E-state index contributed by atoms with van der Waals surface area (Å²) >= 11 is 0. The van der Waals surface area contributed by atoms with Gasteiger partial charge in [-0.2, -0.15) is 0 Å². The Morgan fingerprint density at radius 3 is 2.03 bits per heavy atom. The number of hydrogen-bond donors (Lipinski definition) is 1. The van der Waals surface area contributed by atoms with Gasteiger partial charge < -0.3 is 10.2 Å². The molecule has 0 saturated heterocycles. The highest BCUT2D eigenvalue weighted by Crippen LogP contribution is 2.27. The van der Waals surface area contributed by atoms with Crippen molar-refractivity contribution in [2.75, 3.05) is 30.4 Å². The second-order valence-electron chi connectivity index (χ2n) is 7.98. The van der Waals surface area contributed by atoms with Crippen LogP contribution in [0.5, 0.6) is 0 Å². The van der Waals surface area contributed by atoms with E-state index in [4.69, 9.17) is 4.98 Å². The van der Waals surface area contributed by atoms with Crippen molar-refractivity contribution in [2.24, 2.45) is 0 Å². The summed E-state index contributed by atoms with van der Waals surface area (Å²) in [6.45, 7) is 10.1. The molecule has 0 amide bonds. The van der Waals surface area contributed by atoms with Crippen LogP contribution in [-0.2, 0) is 0 Å². The quantitative estimate of drug-likeness (QED) is 0.489. The number of nitrogens with zero attached hydrogens (tertiary/aromatic N) is 3. The van der Waals surface area contributed by atoms with Gasteiger partial charge in [0.25, 0.3) is 0 Å². The van der Waals surface area contributed by atoms with Crippen LogP contribution >= 0.6 is 0 Å². The van der Waals surface area contributed by atoms with Gasteiger partial charge in [-0.05, 0) is 64.1 Å². The highest BCUT2D eigenvalue weighted by Gasteiger charge is 2.10. The summed E-state index contributed by atoms with van der Waals surface area (Å²) in [7, 11) is 2.15. The Balaban J connectivity index is 1.56. The lowest BCUT2D eigenvalue weighted by Crippen LogP contribution is -2.25. The molecule has 0 aliphatic heterocycles.